The van der Waals surface area contributed by atoms with Gasteiger partial charge in [0.2, 0.25) is 0 Å². The first-order valence-electron chi connectivity index (χ1n) is 6.63. The summed E-state index contributed by atoms with van der Waals surface area (Å²) in [5.41, 5.74) is 2.29. The predicted octanol–water partition coefficient (Wildman–Crippen LogP) is 1.23. The van der Waals surface area contributed by atoms with Crippen molar-refractivity contribution in [3.05, 3.63) is 35.4 Å². The Hall–Kier alpha value is -0.900. The van der Waals surface area contributed by atoms with Crippen molar-refractivity contribution in [1.29, 1.82) is 0 Å². The van der Waals surface area contributed by atoms with E-state index < -0.39 is 5.60 Å². The molecule has 2 unspecified atom stereocenters. The summed E-state index contributed by atoms with van der Waals surface area (Å²) >= 11 is 0. The summed E-state index contributed by atoms with van der Waals surface area (Å²) in [7, 11) is 3.97. The van der Waals surface area contributed by atoms with Gasteiger partial charge in [0.05, 0.1) is 5.60 Å². The number of likely N-dealkylation sites (N-methyl/N-ethyl adjacent to an activating group) is 1. The standard InChI is InChI=1S/C15H24N2O/c1-15(18,11-17(2)3)10-16-9-13-8-12-6-4-5-7-14(12)13/h4-7,13,16,18H,8-11H2,1-3H3. The van der Waals surface area contributed by atoms with Crippen LogP contribution in [0.25, 0.3) is 0 Å². The lowest BCUT2D eigenvalue weighted by atomic mass is 9.77. The van der Waals surface area contributed by atoms with Gasteiger partial charge in [0.1, 0.15) is 0 Å². The molecular weight excluding hydrogens is 224 g/mol. The summed E-state index contributed by atoms with van der Waals surface area (Å²) < 4.78 is 0. The van der Waals surface area contributed by atoms with Crippen molar-refractivity contribution < 1.29 is 5.11 Å². The van der Waals surface area contributed by atoms with Gasteiger partial charge in [-0.2, -0.15) is 0 Å². The average Bonchev–Trinajstić information content (AvgIpc) is 2.22. The molecule has 1 aromatic carbocycles. The van der Waals surface area contributed by atoms with Gasteiger partial charge in [0, 0.05) is 25.6 Å². The third-order valence-corrected chi connectivity index (χ3v) is 3.51. The molecular formula is C15H24N2O. The van der Waals surface area contributed by atoms with Gasteiger partial charge in [-0.15, -0.1) is 0 Å². The molecule has 0 radical (unpaired) electrons. The summed E-state index contributed by atoms with van der Waals surface area (Å²) in [4.78, 5) is 2.01. The fraction of sp³-hybridized carbons (Fsp3) is 0.600. The number of aliphatic hydroxyl groups is 1. The van der Waals surface area contributed by atoms with Crippen LogP contribution in [0.15, 0.2) is 24.3 Å². The Morgan fingerprint density at radius 3 is 2.78 bits per heavy atom. The molecule has 0 saturated carbocycles. The van der Waals surface area contributed by atoms with Crippen LogP contribution in [0.2, 0.25) is 0 Å². The monoisotopic (exact) mass is 248 g/mol. The molecule has 0 heterocycles. The largest absolute Gasteiger partial charge is 0.388 e. The van der Waals surface area contributed by atoms with Crippen LogP contribution in [0.4, 0.5) is 0 Å². The van der Waals surface area contributed by atoms with Gasteiger partial charge in [0.15, 0.2) is 0 Å². The van der Waals surface area contributed by atoms with Crippen LogP contribution in [-0.4, -0.2) is 49.3 Å². The first-order chi connectivity index (χ1) is 8.48. The number of benzene rings is 1. The highest BCUT2D eigenvalue weighted by atomic mass is 16.3. The highest BCUT2D eigenvalue weighted by Crippen LogP contribution is 2.33. The Balaban J connectivity index is 1.75. The molecule has 2 atom stereocenters. The van der Waals surface area contributed by atoms with Crippen LogP contribution >= 0.6 is 0 Å². The first-order valence-corrected chi connectivity index (χ1v) is 6.63. The minimum atomic E-state index is -0.660. The number of rotatable bonds is 6. The molecule has 100 valence electrons. The van der Waals surface area contributed by atoms with E-state index in [4.69, 9.17) is 0 Å². The molecule has 18 heavy (non-hydrogen) atoms. The molecule has 1 aromatic rings. The third kappa shape index (κ3) is 3.31. The summed E-state index contributed by atoms with van der Waals surface area (Å²) in [6.07, 6.45) is 1.17. The predicted molar refractivity (Wildman–Crippen MR) is 74.9 cm³/mol. The van der Waals surface area contributed by atoms with Gasteiger partial charge in [-0.3, -0.25) is 0 Å². The van der Waals surface area contributed by atoms with Gasteiger partial charge in [-0.05, 0) is 38.6 Å². The van der Waals surface area contributed by atoms with E-state index in [0.717, 1.165) is 6.54 Å². The van der Waals surface area contributed by atoms with Crippen LogP contribution in [0.5, 0.6) is 0 Å². The van der Waals surface area contributed by atoms with Crippen LogP contribution in [-0.2, 0) is 6.42 Å². The van der Waals surface area contributed by atoms with Gasteiger partial charge in [-0.1, -0.05) is 24.3 Å². The molecule has 0 aromatic heterocycles. The first kappa shape index (κ1) is 13.5. The molecule has 0 spiro atoms. The third-order valence-electron chi connectivity index (χ3n) is 3.51. The van der Waals surface area contributed by atoms with Gasteiger partial charge in [-0.25, -0.2) is 0 Å². The lowest BCUT2D eigenvalue weighted by molar-refractivity contribution is 0.0336. The van der Waals surface area contributed by atoms with Crippen LogP contribution in [0.1, 0.15) is 24.0 Å². The van der Waals surface area contributed by atoms with E-state index in [1.54, 1.807) is 0 Å². The quantitative estimate of drug-likeness (QED) is 0.795. The van der Waals surface area contributed by atoms with E-state index in [9.17, 15) is 5.11 Å². The second-order valence-corrected chi connectivity index (χ2v) is 5.97. The highest BCUT2D eigenvalue weighted by molar-refractivity contribution is 5.40. The number of hydrogen-bond donors (Lipinski definition) is 2. The lowest BCUT2D eigenvalue weighted by Gasteiger charge is -2.32. The normalized spacial score (nSPS) is 21.3. The van der Waals surface area contributed by atoms with Crippen molar-refractivity contribution >= 4 is 0 Å². The Morgan fingerprint density at radius 2 is 2.11 bits per heavy atom. The van der Waals surface area contributed by atoms with Crippen molar-refractivity contribution in [3.63, 3.8) is 0 Å². The van der Waals surface area contributed by atoms with Crippen molar-refractivity contribution in [2.24, 2.45) is 0 Å². The van der Waals surface area contributed by atoms with Gasteiger partial charge in [0.25, 0.3) is 0 Å². The Bertz CT molecular complexity index is 401. The number of nitrogens with one attached hydrogen (secondary N) is 1. The fourth-order valence-electron chi connectivity index (χ4n) is 2.80. The molecule has 2 N–H and O–H groups in total. The average molecular weight is 248 g/mol. The van der Waals surface area contributed by atoms with E-state index in [-0.39, 0.29) is 0 Å². The molecule has 3 nitrogen and oxygen atoms in total. The molecule has 3 heteroatoms. The zero-order valence-electron chi connectivity index (χ0n) is 11.6. The molecule has 0 fully saturated rings. The molecule has 2 rings (SSSR count). The molecule has 0 saturated heterocycles. The van der Waals surface area contributed by atoms with Crippen LogP contribution < -0.4 is 5.32 Å². The van der Waals surface area contributed by atoms with E-state index in [1.807, 2.05) is 25.9 Å². The molecule has 0 amide bonds. The minimum absolute atomic E-state index is 0.622. The second-order valence-electron chi connectivity index (χ2n) is 5.97. The smallest absolute Gasteiger partial charge is 0.0869 e. The number of hydrogen-bond acceptors (Lipinski definition) is 3. The molecule has 0 aliphatic heterocycles. The van der Waals surface area contributed by atoms with E-state index in [0.29, 0.717) is 19.0 Å². The minimum Gasteiger partial charge on any atom is -0.388 e. The van der Waals surface area contributed by atoms with Crippen molar-refractivity contribution in [2.45, 2.75) is 24.9 Å². The fourth-order valence-corrected chi connectivity index (χ4v) is 2.80. The maximum Gasteiger partial charge on any atom is 0.0869 e. The molecule has 1 aliphatic rings. The molecule has 1 aliphatic carbocycles. The van der Waals surface area contributed by atoms with Crippen molar-refractivity contribution in [2.75, 3.05) is 33.7 Å². The summed E-state index contributed by atoms with van der Waals surface area (Å²) in [6.45, 7) is 4.17. The van der Waals surface area contributed by atoms with E-state index in [2.05, 4.69) is 29.6 Å². The van der Waals surface area contributed by atoms with Crippen molar-refractivity contribution in [3.8, 4) is 0 Å². The Labute approximate surface area is 110 Å². The zero-order valence-corrected chi connectivity index (χ0v) is 11.6. The summed E-state index contributed by atoms with van der Waals surface area (Å²) in [6, 6.07) is 8.62. The maximum atomic E-state index is 10.2. The van der Waals surface area contributed by atoms with Gasteiger partial charge >= 0.3 is 0 Å². The number of fused-ring (bicyclic) bond motifs is 1. The second kappa shape index (κ2) is 5.39. The highest BCUT2D eigenvalue weighted by Gasteiger charge is 2.26. The van der Waals surface area contributed by atoms with E-state index >= 15 is 0 Å². The van der Waals surface area contributed by atoms with Crippen LogP contribution in [0, 0.1) is 0 Å². The molecule has 0 bridgehead atoms. The zero-order chi connectivity index (χ0) is 13.2. The van der Waals surface area contributed by atoms with Gasteiger partial charge < -0.3 is 15.3 Å². The lowest BCUT2D eigenvalue weighted by Crippen LogP contribution is -2.46. The SMILES string of the molecule is CN(C)CC(C)(O)CNCC1Cc2ccccc21. The van der Waals surface area contributed by atoms with Crippen molar-refractivity contribution in [1.82, 2.24) is 10.2 Å². The Morgan fingerprint density at radius 1 is 1.39 bits per heavy atom. The summed E-state index contributed by atoms with van der Waals surface area (Å²) in [5, 5.41) is 13.6. The Kier molecular flexibility index (Phi) is 4.05. The topological polar surface area (TPSA) is 35.5 Å². The van der Waals surface area contributed by atoms with E-state index in [1.165, 1.54) is 17.5 Å². The summed E-state index contributed by atoms with van der Waals surface area (Å²) in [5.74, 6) is 0.622. The maximum absolute atomic E-state index is 10.2. The number of nitrogens with zero attached hydrogens (tertiary/aromatic N) is 1. The van der Waals surface area contributed by atoms with Crippen LogP contribution in [0.3, 0.4) is 0 Å².